The highest BCUT2D eigenvalue weighted by Gasteiger charge is 2.14. The fourth-order valence-electron chi connectivity index (χ4n) is 2.72. The first-order valence-electron chi connectivity index (χ1n) is 8.00. The largest absolute Gasteiger partial charge is 0.362 e. The summed E-state index contributed by atoms with van der Waals surface area (Å²) in [6, 6.07) is 8.59. The SMILES string of the molecule is C[C@H](Nc1cc(-n2ccnc2)ccn1)c1nc2cc(Cl)ccc2[nH]c1=O. The number of nitrogens with zero attached hydrogens (tertiary/aromatic N) is 4. The zero-order chi connectivity index (χ0) is 18.1. The molecule has 26 heavy (non-hydrogen) atoms. The standard InChI is InChI=1S/C18H15ClN6O/c1-11(17-18(26)24-14-3-2-12(19)8-15(14)23-17)22-16-9-13(4-5-21-16)25-7-6-20-10-25/h2-11H,1H3,(H,21,22)(H,24,26)/t11-/m0/s1. The van der Waals surface area contributed by atoms with Gasteiger partial charge in [-0.05, 0) is 31.2 Å². The van der Waals surface area contributed by atoms with E-state index in [1.54, 1.807) is 36.9 Å². The first kappa shape index (κ1) is 16.3. The van der Waals surface area contributed by atoms with E-state index in [9.17, 15) is 4.79 Å². The predicted octanol–water partition coefficient (Wildman–Crippen LogP) is 3.33. The lowest BCUT2D eigenvalue weighted by atomic mass is 10.2. The van der Waals surface area contributed by atoms with E-state index in [-0.39, 0.29) is 11.6 Å². The Bertz CT molecular complexity index is 1120. The highest BCUT2D eigenvalue weighted by atomic mass is 35.5. The van der Waals surface area contributed by atoms with Crippen molar-refractivity contribution in [1.29, 1.82) is 0 Å². The number of H-pyrrole nitrogens is 1. The first-order chi connectivity index (χ1) is 12.6. The maximum atomic E-state index is 12.4. The van der Waals surface area contributed by atoms with Crippen molar-refractivity contribution in [3.8, 4) is 5.69 Å². The molecule has 0 bridgehead atoms. The van der Waals surface area contributed by atoms with Gasteiger partial charge in [0.25, 0.3) is 5.56 Å². The van der Waals surface area contributed by atoms with Crippen LogP contribution < -0.4 is 10.9 Å². The highest BCUT2D eigenvalue weighted by Crippen LogP contribution is 2.19. The van der Waals surface area contributed by atoms with Gasteiger partial charge in [0.1, 0.15) is 11.5 Å². The summed E-state index contributed by atoms with van der Waals surface area (Å²) in [7, 11) is 0. The molecule has 1 atom stereocenters. The number of nitrogens with one attached hydrogen (secondary N) is 2. The van der Waals surface area contributed by atoms with Crippen molar-refractivity contribution >= 4 is 28.5 Å². The molecule has 0 amide bonds. The summed E-state index contributed by atoms with van der Waals surface area (Å²) in [4.78, 5) is 28.0. The number of rotatable bonds is 4. The van der Waals surface area contributed by atoms with Crippen LogP contribution in [0.25, 0.3) is 16.7 Å². The second-order valence-corrected chi connectivity index (χ2v) is 6.28. The summed E-state index contributed by atoms with van der Waals surface area (Å²) >= 11 is 6.02. The van der Waals surface area contributed by atoms with E-state index >= 15 is 0 Å². The number of benzene rings is 1. The van der Waals surface area contributed by atoms with Crippen molar-refractivity contribution < 1.29 is 0 Å². The third-order valence-corrected chi connectivity index (χ3v) is 4.24. The van der Waals surface area contributed by atoms with Crippen LogP contribution in [0.2, 0.25) is 5.02 Å². The van der Waals surface area contributed by atoms with Gasteiger partial charge in [0.2, 0.25) is 0 Å². The van der Waals surface area contributed by atoms with Crippen molar-refractivity contribution in [1.82, 2.24) is 24.5 Å². The first-order valence-corrected chi connectivity index (χ1v) is 8.38. The van der Waals surface area contributed by atoms with Gasteiger partial charge < -0.3 is 14.9 Å². The Kier molecular flexibility index (Phi) is 4.14. The Morgan fingerprint density at radius 2 is 2.12 bits per heavy atom. The number of fused-ring (bicyclic) bond motifs is 1. The van der Waals surface area contributed by atoms with Gasteiger partial charge in [-0.25, -0.2) is 15.0 Å². The molecular weight excluding hydrogens is 352 g/mol. The van der Waals surface area contributed by atoms with E-state index in [4.69, 9.17) is 11.6 Å². The third kappa shape index (κ3) is 3.16. The molecular formula is C18H15ClN6O. The zero-order valence-corrected chi connectivity index (χ0v) is 14.6. The van der Waals surface area contributed by atoms with Crippen LogP contribution in [-0.4, -0.2) is 24.5 Å². The molecule has 3 heterocycles. The molecule has 8 heteroatoms. The predicted molar refractivity (Wildman–Crippen MR) is 101 cm³/mol. The van der Waals surface area contributed by atoms with Gasteiger partial charge in [-0.15, -0.1) is 0 Å². The Morgan fingerprint density at radius 3 is 2.92 bits per heavy atom. The molecule has 3 aromatic heterocycles. The molecule has 2 N–H and O–H groups in total. The lowest BCUT2D eigenvalue weighted by Crippen LogP contribution is -2.22. The van der Waals surface area contributed by atoms with Crippen molar-refractivity contribution in [2.24, 2.45) is 0 Å². The fourth-order valence-corrected chi connectivity index (χ4v) is 2.89. The van der Waals surface area contributed by atoms with Crippen LogP contribution in [0.3, 0.4) is 0 Å². The molecule has 0 fully saturated rings. The van der Waals surface area contributed by atoms with Gasteiger partial charge in [0.15, 0.2) is 0 Å². The Labute approximate surface area is 153 Å². The molecule has 130 valence electrons. The molecule has 0 aliphatic carbocycles. The summed E-state index contributed by atoms with van der Waals surface area (Å²) in [6.45, 7) is 1.86. The number of hydrogen-bond donors (Lipinski definition) is 2. The smallest absolute Gasteiger partial charge is 0.272 e. The number of halogens is 1. The van der Waals surface area contributed by atoms with Crippen LogP contribution in [0.5, 0.6) is 0 Å². The average Bonchev–Trinajstić information content (AvgIpc) is 3.16. The Hall–Kier alpha value is -3.19. The molecule has 0 saturated heterocycles. The summed E-state index contributed by atoms with van der Waals surface area (Å²) in [5, 5.41) is 3.79. The molecule has 7 nitrogen and oxygen atoms in total. The molecule has 0 aliphatic heterocycles. The van der Waals surface area contributed by atoms with E-state index in [2.05, 4.69) is 25.3 Å². The molecule has 0 unspecified atom stereocenters. The van der Waals surface area contributed by atoms with Gasteiger partial charge in [-0.1, -0.05) is 11.6 Å². The van der Waals surface area contributed by atoms with E-state index in [1.807, 2.05) is 29.8 Å². The maximum Gasteiger partial charge on any atom is 0.272 e. The number of aromatic amines is 1. The second kappa shape index (κ2) is 6.61. The van der Waals surface area contributed by atoms with Gasteiger partial charge >= 0.3 is 0 Å². The summed E-state index contributed by atoms with van der Waals surface area (Å²) in [5.74, 6) is 0.635. The quantitative estimate of drug-likeness (QED) is 0.578. The summed E-state index contributed by atoms with van der Waals surface area (Å²) in [5.41, 5.74) is 2.33. The minimum atomic E-state index is -0.340. The van der Waals surface area contributed by atoms with Crippen molar-refractivity contribution in [2.75, 3.05) is 5.32 Å². The Balaban J connectivity index is 1.65. The number of imidazole rings is 1. The van der Waals surface area contributed by atoms with Crippen LogP contribution in [0.4, 0.5) is 5.82 Å². The van der Waals surface area contributed by atoms with E-state index in [1.165, 1.54) is 0 Å². The highest BCUT2D eigenvalue weighted by molar-refractivity contribution is 6.31. The van der Waals surface area contributed by atoms with Crippen molar-refractivity contribution in [3.05, 3.63) is 76.3 Å². The van der Waals surface area contributed by atoms with Crippen LogP contribution in [0, 0.1) is 0 Å². The lowest BCUT2D eigenvalue weighted by Gasteiger charge is -2.14. The summed E-state index contributed by atoms with van der Waals surface area (Å²) in [6.07, 6.45) is 6.96. The van der Waals surface area contributed by atoms with E-state index in [0.29, 0.717) is 27.6 Å². The Morgan fingerprint density at radius 1 is 1.23 bits per heavy atom. The summed E-state index contributed by atoms with van der Waals surface area (Å²) < 4.78 is 1.88. The van der Waals surface area contributed by atoms with Gasteiger partial charge in [0, 0.05) is 29.7 Å². The molecule has 0 saturated carbocycles. The fraction of sp³-hybridized carbons (Fsp3) is 0.111. The number of hydrogen-bond acceptors (Lipinski definition) is 5. The molecule has 0 spiro atoms. The number of anilines is 1. The van der Waals surface area contributed by atoms with E-state index in [0.717, 1.165) is 5.69 Å². The van der Waals surface area contributed by atoms with Crippen LogP contribution in [0.15, 0.2) is 60.0 Å². The lowest BCUT2D eigenvalue weighted by molar-refractivity contribution is 0.816. The average molecular weight is 367 g/mol. The second-order valence-electron chi connectivity index (χ2n) is 5.85. The molecule has 1 aromatic carbocycles. The molecule has 4 rings (SSSR count). The van der Waals surface area contributed by atoms with Crippen LogP contribution in [-0.2, 0) is 0 Å². The van der Waals surface area contributed by atoms with Crippen LogP contribution >= 0.6 is 11.6 Å². The van der Waals surface area contributed by atoms with Gasteiger partial charge in [-0.2, -0.15) is 0 Å². The van der Waals surface area contributed by atoms with E-state index < -0.39 is 0 Å². The normalized spacial score (nSPS) is 12.2. The monoisotopic (exact) mass is 366 g/mol. The molecule has 4 aromatic rings. The minimum absolute atomic E-state index is 0.245. The maximum absolute atomic E-state index is 12.4. The minimum Gasteiger partial charge on any atom is -0.362 e. The van der Waals surface area contributed by atoms with Gasteiger partial charge in [0.05, 0.1) is 29.1 Å². The third-order valence-electron chi connectivity index (χ3n) is 4.00. The zero-order valence-electron chi connectivity index (χ0n) is 13.8. The van der Waals surface area contributed by atoms with Crippen molar-refractivity contribution in [3.63, 3.8) is 0 Å². The molecule has 0 aliphatic rings. The molecule has 0 radical (unpaired) electrons. The van der Waals surface area contributed by atoms with Crippen molar-refractivity contribution in [2.45, 2.75) is 13.0 Å². The number of pyridine rings is 1. The number of aromatic nitrogens is 5. The van der Waals surface area contributed by atoms with Crippen LogP contribution in [0.1, 0.15) is 18.7 Å². The topological polar surface area (TPSA) is 88.5 Å². The van der Waals surface area contributed by atoms with Gasteiger partial charge in [-0.3, -0.25) is 4.79 Å².